The fraction of sp³-hybridized carbons (Fsp3) is 0.316. The summed E-state index contributed by atoms with van der Waals surface area (Å²) in [5.74, 6) is 0.498. The molecule has 1 aromatic carbocycles. The van der Waals surface area contributed by atoms with E-state index < -0.39 is 5.79 Å². The number of hydrogen-bond donors (Lipinski definition) is 1. The summed E-state index contributed by atoms with van der Waals surface area (Å²) in [6.07, 6.45) is 3.44. The molecule has 0 aliphatic carbocycles. The average molecular weight is 340 g/mol. The van der Waals surface area contributed by atoms with Gasteiger partial charge in [0.05, 0.1) is 26.5 Å². The molecule has 1 aliphatic rings. The van der Waals surface area contributed by atoms with Gasteiger partial charge in [0, 0.05) is 23.2 Å². The zero-order valence-corrected chi connectivity index (χ0v) is 14.2. The van der Waals surface area contributed by atoms with Gasteiger partial charge >= 0.3 is 0 Å². The molecule has 0 saturated carbocycles. The van der Waals surface area contributed by atoms with Crippen LogP contribution in [0.5, 0.6) is 5.75 Å². The van der Waals surface area contributed by atoms with E-state index in [0.717, 1.165) is 16.5 Å². The maximum absolute atomic E-state index is 5.91. The van der Waals surface area contributed by atoms with Gasteiger partial charge in [0.15, 0.2) is 11.7 Å². The summed E-state index contributed by atoms with van der Waals surface area (Å²) in [4.78, 5) is 4.26. The first kappa shape index (κ1) is 15.9. The van der Waals surface area contributed by atoms with Crippen LogP contribution >= 0.6 is 0 Å². The van der Waals surface area contributed by atoms with Crippen LogP contribution in [0.1, 0.15) is 18.5 Å². The molecular weight excluding hydrogens is 320 g/mol. The van der Waals surface area contributed by atoms with Crippen molar-refractivity contribution in [2.75, 3.05) is 25.6 Å². The van der Waals surface area contributed by atoms with E-state index in [1.54, 1.807) is 19.5 Å². The lowest BCUT2D eigenvalue weighted by molar-refractivity contribution is -0.155. The number of aromatic nitrogens is 1. The molecule has 1 saturated heterocycles. The molecule has 1 aliphatic heterocycles. The Bertz CT molecular complexity index is 837. The lowest BCUT2D eigenvalue weighted by Crippen LogP contribution is -2.38. The third-order valence-corrected chi connectivity index (χ3v) is 4.40. The monoisotopic (exact) mass is 340 g/mol. The highest BCUT2D eigenvalue weighted by molar-refractivity contribution is 5.80. The maximum Gasteiger partial charge on any atom is 0.194 e. The first-order valence-corrected chi connectivity index (χ1v) is 8.20. The Kier molecular flexibility index (Phi) is 4.07. The Morgan fingerprint density at radius 2 is 1.96 bits per heavy atom. The Morgan fingerprint density at radius 1 is 1.16 bits per heavy atom. The van der Waals surface area contributed by atoms with Crippen LogP contribution in [0.15, 0.2) is 53.2 Å². The molecule has 3 aromatic rings. The van der Waals surface area contributed by atoms with Crippen LogP contribution in [0, 0.1) is 0 Å². The van der Waals surface area contributed by atoms with E-state index in [-0.39, 0.29) is 6.04 Å². The normalized spacial score (nSPS) is 17.5. The number of benzene rings is 1. The topological polar surface area (TPSA) is 65.8 Å². The number of hydrogen-bond acceptors (Lipinski definition) is 6. The second kappa shape index (κ2) is 6.38. The Hall–Kier alpha value is -2.57. The van der Waals surface area contributed by atoms with Gasteiger partial charge < -0.3 is 23.9 Å². The summed E-state index contributed by atoms with van der Waals surface area (Å²) in [6.45, 7) is 3.01. The number of methoxy groups -OCH3 is 1. The van der Waals surface area contributed by atoms with Crippen LogP contribution in [0.25, 0.3) is 11.0 Å². The van der Waals surface area contributed by atoms with Crippen molar-refractivity contribution in [3.05, 3.63) is 54.4 Å². The van der Waals surface area contributed by atoms with E-state index in [9.17, 15) is 0 Å². The van der Waals surface area contributed by atoms with E-state index in [1.165, 1.54) is 0 Å². The molecule has 0 radical (unpaired) electrons. The zero-order valence-electron chi connectivity index (χ0n) is 14.2. The number of para-hydroxylation sites is 1. The standard InChI is InChI=1S/C19H20N2O4/c1-19(23-7-8-24-19)18(14-9-15(22-2)12-20-11-14)21-17-10-13-5-3-4-6-16(13)25-17/h3-6,9-12,18,21H,7-8H2,1-2H3. The second-order valence-electron chi connectivity index (χ2n) is 6.10. The fourth-order valence-electron chi connectivity index (χ4n) is 3.11. The van der Waals surface area contributed by atoms with E-state index >= 15 is 0 Å². The number of furan rings is 1. The van der Waals surface area contributed by atoms with Crippen molar-refractivity contribution in [2.45, 2.75) is 18.8 Å². The molecular formula is C19H20N2O4. The van der Waals surface area contributed by atoms with Gasteiger partial charge in [0.1, 0.15) is 17.4 Å². The highest BCUT2D eigenvalue weighted by atomic mass is 16.7. The summed E-state index contributed by atoms with van der Waals surface area (Å²) < 4.78 is 23.0. The molecule has 0 bridgehead atoms. The average Bonchev–Trinajstić information content (AvgIpc) is 3.26. The summed E-state index contributed by atoms with van der Waals surface area (Å²) in [5.41, 5.74) is 1.72. The molecule has 3 heterocycles. The molecule has 130 valence electrons. The molecule has 6 heteroatoms. The summed E-state index contributed by atoms with van der Waals surface area (Å²) in [7, 11) is 1.62. The number of ether oxygens (including phenoxy) is 3. The zero-order chi connectivity index (χ0) is 17.3. The highest BCUT2D eigenvalue weighted by Gasteiger charge is 2.42. The van der Waals surface area contributed by atoms with Gasteiger partial charge in [-0.05, 0) is 19.1 Å². The van der Waals surface area contributed by atoms with Crippen molar-refractivity contribution in [2.24, 2.45) is 0 Å². The first-order chi connectivity index (χ1) is 12.2. The van der Waals surface area contributed by atoms with Crippen LogP contribution in [-0.4, -0.2) is 31.1 Å². The van der Waals surface area contributed by atoms with Gasteiger partial charge in [0.25, 0.3) is 0 Å². The van der Waals surface area contributed by atoms with Crippen molar-refractivity contribution in [3.63, 3.8) is 0 Å². The molecule has 1 N–H and O–H groups in total. The molecule has 0 amide bonds. The number of fused-ring (bicyclic) bond motifs is 1. The molecule has 6 nitrogen and oxygen atoms in total. The van der Waals surface area contributed by atoms with Gasteiger partial charge in [-0.1, -0.05) is 18.2 Å². The van der Waals surface area contributed by atoms with Crippen LogP contribution in [0.3, 0.4) is 0 Å². The predicted molar refractivity (Wildman–Crippen MR) is 93.7 cm³/mol. The second-order valence-corrected chi connectivity index (χ2v) is 6.10. The van der Waals surface area contributed by atoms with Crippen molar-refractivity contribution >= 4 is 16.9 Å². The van der Waals surface area contributed by atoms with Crippen molar-refractivity contribution in [3.8, 4) is 5.75 Å². The lowest BCUT2D eigenvalue weighted by Gasteiger charge is -2.33. The Morgan fingerprint density at radius 3 is 2.72 bits per heavy atom. The number of pyridine rings is 1. The van der Waals surface area contributed by atoms with E-state index in [2.05, 4.69) is 10.3 Å². The van der Waals surface area contributed by atoms with Crippen LogP contribution < -0.4 is 10.1 Å². The van der Waals surface area contributed by atoms with Crippen molar-refractivity contribution in [1.82, 2.24) is 4.98 Å². The quantitative estimate of drug-likeness (QED) is 0.763. The maximum atomic E-state index is 5.91. The third kappa shape index (κ3) is 3.06. The SMILES string of the molecule is COc1cncc(C(Nc2cc3ccccc3o2)C2(C)OCCO2)c1. The van der Waals surface area contributed by atoms with E-state index in [0.29, 0.717) is 24.8 Å². The van der Waals surface area contributed by atoms with Gasteiger partial charge in [-0.2, -0.15) is 0 Å². The summed E-state index contributed by atoms with van der Waals surface area (Å²) in [5, 5.41) is 4.44. The first-order valence-electron chi connectivity index (χ1n) is 8.20. The summed E-state index contributed by atoms with van der Waals surface area (Å²) >= 11 is 0. The number of rotatable bonds is 5. The van der Waals surface area contributed by atoms with Crippen molar-refractivity contribution in [1.29, 1.82) is 0 Å². The molecule has 1 unspecified atom stereocenters. The minimum atomic E-state index is -0.826. The van der Waals surface area contributed by atoms with Crippen molar-refractivity contribution < 1.29 is 18.6 Å². The Labute approximate surface area is 145 Å². The summed E-state index contributed by atoms with van der Waals surface area (Å²) in [6, 6.07) is 11.5. The van der Waals surface area contributed by atoms with Gasteiger partial charge in [-0.25, -0.2) is 0 Å². The Balaban J connectivity index is 1.71. The molecule has 1 atom stereocenters. The molecule has 1 fully saturated rings. The minimum absolute atomic E-state index is 0.307. The highest BCUT2D eigenvalue weighted by Crippen LogP contribution is 2.38. The minimum Gasteiger partial charge on any atom is -0.495 e. The molecule has 25 heavy (non-hydrogen) atoms. The smallest absolute Gasteiger partial charge is 0.194 e. The third-order valence-electron chi connectivity index (χ3n) is 4.40. The molecule has 0 spiro atoms. The number of anilines is 1. The van der Waals surface area contributed by atoms with Gasteiger partial charge in [0.2, 0.25) is 0 Å². The predicted octanol–water partition coefficient (Wildman–Crippen LogP) is 3.75. The van der Waals surface area contributed by atoms with Crippen LogP contribution in [0.4, 0.5) is 5.88 Å². The lowest BCUT2D eigenvalue weighted by atomic mass is 10.0. The molecule has 4 rings (SSSR count). The molecule has 2 aromatic heterocycles. The number of nitrogens with zero attached hydrogens (tertiary/aromatic N) is 1. The largest absolute Gasteiger partial charge is 0.495 e. The van der Waals surface area contributed by atoms with E-state index in [4.69, 9.17) is 18.6 Å². The van der Waals surface area contributed by atoms with Gasteiger partial charge in [-0.3, -0.25) is 4.98 Å². The van der Waals surface area contributed by atoms with Crippen LogP contribution in [-0.2, 0) is 9.47 Å². The van der Waals surface area contributed by atoms with Gasteiger partial charge in [-0.15, -0.1) is 0 Å². The van der Waals surface area contributed by atoms with Crippen LogP contribution in [0.2, 0.25) is 0 Å². The fourth-order valence-corrected chi connectivity index (χ4v) is 3.11. The number of nitrogens with one attached hydrogen (secondary N) is 1. The van der Waals surface area contributed by atoms with E-state index in [1.807, 2.05) is 43.3 Å².